The van der Waals surface area contributed by atoms with Crippen LogP contribution in [0.2, 0.25) is 0 Å². The molecule has 0 radical (unpaired) electrons. The Labute approximate surface area is 229 Å². The highest BCUT2D eigenvalue weighted by Gasteiger charge is 2.45. The fourth-order valence-electron chi connectivity index (χ4n) is 6.56. The number of rotatable bonds is 6. The number of fused-ring (bicyclic) bond motifs is 3. The summed E-state index contributed by atoms with van der Waals surface area (Å²) in [6.07, 6.45) is 3.02. The number of hydrogen-bond acceptors (Lipinski definition) is 4. The Balaban J connectivity index is 1.13. The minimum absolute atomic E-state index is 0.00854. The van der Waals surface area contributed by atoms with E-state index < -0.39 is 23.5 Å². The molecular weight excluding hydrogens is 519 g/mol. The van der Waals surface area contributed by atoms with Gasteiger partial charge in [-0.15, -0.1) is 0 Å². The summed E-state index contributed by atoms with van der Waals surface area (Å²) in [5.41, 5.74) is 8.40. The molecule has 6 rings (SSSR count). The SMILES string of the molecule is NC(Cc1cc(F)c(F)cc1F)C1C[C@H]2CC[C@@H](C1)N2C(=O)c1cccc(CN2C(=O)c3ccccc3C2=O)c1. The summed E-state index contributed by atoms with van der Waals surface area (Å²) < 4.78 is 41.2. The van der Waals surface area contributed by atoms with Crippen LogP contribution in [-0.4, -0.2) is 45.6 Å². The number of nitrogens with zero attached hydrogens (tertiary/aromatic N) is 2. The summed E-state index contributed by atoms with van der Waals surface area (Å²) >= 11 is 0. The van der Waals surface area contributed by atoms with Gasteiger partial charge in [-0.2, -0.15) is 0 Å². The molecule has 2 N–H and O–H groups in total. The van der Waals surface area contributed by atoms with Crippen LogP contribution in [0.1, 0.15) is 67.9 Å². The number of halogens is 3. The number of amides is 3. The first-order valence-electron chi connectivity index (χ1n) is 13.5. The van der Waals surface area contributed by atoms with Crippen molar-refractivity contribution in [2.45, 2.75) is 56.8 Å². The molecule has 9 heteroatoms. The number of carbonyl (C=O) groups excluding carboxylic acids is 3. The van der Waals surface area contributed by atoms with Crippen LogP contribution in [0.4, 0.5) is 13.2 Å². The van der Waals surface area contributed by atoms with E-state index in [1.54, 1.807) is 48.5 Å². The van der Waals surface area contributed by atoms with Crippen molar-refractivity contribution in [2.75, 3.05) is 0 Å². The van der Waals surface area contributed by atoms with Gasteiger partial charge in [0, 0.05) is 29.8 Å². The molecule has 3 aliphatic rings. The second-order valence-corrected chi connectivity index (χ2v) is 11.0. The molecular formula is C31H28F3N3O3. The number of benzene rings is 3. The molecule has 2 bridgehead atoms. The molecule has 3 amide bonds. The zero-order valence-electron chi connectivity index (χ0n) is 21.7. The lowest BCUT2D eigenvalue weighted by atomic mass is 9.82. The molecule has 6 nitrogen and oxygen atoms in total. The summed E-state index contributed by atoms with van der Waals surface area (Å²) in [7, 11) is 0. The van der Waals surface area contributed by atoms with Crippen LogP contribution in [0.25, 0.3) is 0 Å². The first-order valence-corrected chi connectivity index (χ1v) is 13.5. The minimum Gasteiger partial charge on any atom is -0.333 e. The number of piperidine rings is 1. The van der Waals surface area contributed by atoms with E-state index in [1.807, 2.05) is 4.90 Å². The van der Waals surface area contributed by atoms with Gasteiger partial charge in [-0.05, 0) is 79.5 Å². The Morgan fingerprint density at radius 1 is 0.850 bits per heavy atom. The molecule has 206 valence electrons. The fraction of sp³-hybridized carbons (Fsp3) is 0.323. The molecule has 2 fully saturated rings. The molecule has 0 aromatic heterocycles. The van der Waals surface area contributed by atoms with Gasteiger partial charge in [0.2, 0.25) is 0 Å². The van der Waals surface area contributed by atoms with E-state index in [0.29, 0.717) is 41.2 Å². The number of imide groups is 1. The van der Waals surface area contributed by atoms with Crippen LogP contribution in [0, 0.1) is 23.4 Å². The molecule has 0 saturated carbocycles. The van der Waals surface area contributed by atoms with Gasteiger partial charge in [-0.25, -0.2) is 13.2 Å². The number of nitrogens with two attached hydrogens (primary N) is 1. The van der Waals surface area contributed by atoms with Crippen molar-refractivity contribution in [3.8, 4) is 0 Å². The Morgan fingerprint density at radius 2 is 1.48 bits per heavy atom. The first-order chi connectivity index (χ1) is 19.2. The largest absolute Gasteiger partial charge is 0.333 e. The molecule has 2 unspecified atom stereocenters. The van der Waals surface area contributed by atoms with Crippen molar-refractivity contribution in [2.24, 2.45) is 11.7 Å². The van der Waals surface area contributed by atoms with Crippen molar-refractivity contribution in [1.29, 1.82) is 0 Å². The van der Waals surface area contributed by atoms with Crippen molar-refractivity contribution in [3.05, 3.63) is 106 Å². The highest BCUT2D eigenvalue weighted by molar-refractivity contribution is 6.21. The van der Waals surface area contributed by atoms with E-state index in [4.69, 9.17) is 5.73 Å². The maximum absolute atomic E-state index is 14.2. The molecule has 3 aromatic carbocycles. The average molecular weight is 548 g/mol. The zero-order chi connectivity index (χ0) is 28.1. The molecule has 2 saturated heterocycles. The van der Waals surface area contributed by atoms with Gasteiger partial charge in [-0.1, -0.05) is 24.3 Å². The van der Waals surface area contributed by atoms with Gasteiger partial charge in [-0.3, -0.25) is 19.3 Å². The van der Waals surface area contributed by atoms with E-state index in [9.17, 15) is 27.6 Å². The van der Waals surface area contributed by atoms with Crippen LogP contribution < -0.4 is 5.73 Å². The highest BCUT2D eigenvalue weighted by atomic mass is 19.2. The van der Waals surface area contributed by atoms with E-state index >= 15 is 0 Å². The Kier molecular flexibility index (Phi) is 6.70. The van der Waals surface area contributed by atoms with E-state index in [2.05, 4.69) is 0 Å². The quantitative estimate of drug-likeness (QED) is 0.353. The molecule has 3 aromatic rings. The van der Waals surface area contributed by atoms with E-state index in [0.717, 1.165) is 18.9 Å². The maximum atomic E-state index is 14.2. The van der Waals surface area contributed by atoms with Crippen molar-refractivity contribution in [1.82, 2.24) is 9.80 Å². The normalized spacial score (nSPS) is 22.6. The predicted octanol–water partition coefficient (Wildman–Crippen LogP) is 4.85. The van der Waals surface area contributed by atoms with Crippen LogP contribution in [0.3, 0.4) is 0 Å². The first kappa shape index (κ1) is 26.3. The van der Waals surface area contributed by atoms with Gasteiger partial charge >= 0.3 is 0 Å². The highest BCUT2D eigenvalue weighted by Crippen LogP contribution is 2.41. The average Bonchev–Trinajstić information content (AvgIpc) is 3.35. The summed E-state index contributed by atoms with van der Waals surface area (Å²) in [6, 6.07) is 14.6. The summed E-state index contributed by atoms with van der Waals surface area (Å²) in [6.45, 7) is 0.0673. The van der Waals surface area contributed by atoms with Gasteiger partial charge in [0.1, 0.15) is 5.82 Å². The zero-order valence-corrected chi connectivity index (χ0v) is 21.7. The third kappa shape index (κ3) is 4.58. The van der Waals surface area contributed by atoms with Gasteiger partial charge in [0.15, 0.2) is 11.6 Å². The van der Waals surface area contributed by atoms with Crippen LogP contribution in [0.15, 0.2) is 60.7 Å². The van der Waals surface area contributed by atoms with Gasteiger partial charge in [0.25, 0.3) is 17.7 Å². The van der Waals surface area contributed by atoms with E-state index in [1.165, 1.54) is 4.90 Å². The third-order valence-corrected chi connectivity index (χ3v) is 8.55. The monoisotopic (exact) mass is 547 g/mol. The number of hydrogen-bond donors (Lipinski definition) is 1. The lowest BCUT2D eigenvalue weighted by Gasteiger charge is -2.41. The second-order valence-electron chi connectivity index (χ2n) is 11.0. The van der Waals surface area contributed by atoms with Gasteiger partial charge in [0.05, 0.1) is 17.7 Å². The predicted molar refractivity (Wildman–Crippen MR) is 141 cm³/mol. The summed E-state index contributed by atoms with van der Waals surface area (Å²) in [5, 5.41) is 0. The van der Waals surface area contributed by atoms with Crippen LogP contribution in [-0.2, 0) is 13.0 Å². The van der Waals surface area contributed by atoms with Gasteiger partial charge < -0.3 is 10.6 Å². The fourth-order valence-corrected chi connectivity index (χ4v) is 6.56. The molecule has 0 spiro atoms. The van der Waals surface area contributed by atoms with Crippen molar-refractivity contribution in [3.63, 3.8) is 0 Å². The standard InChI is InChI=1S/C31H28F3N3O3/c32-25-15-27(34)26(33)13-19(25)14-28(35)20-11-21-8-9-22(12-20)37(21)29(38)18-5-3-4-17(10-18)16-36-30(39)23-6-1-2-7-24(23)31(36)40/h1-7,10,13,15,20-22,28H,8-9,11-12,14,16,35H2/t20?,21-,22+,28?. The Hall–Kier alpha value is -3.98. The second kappa shape index (κ2) is 10.2. The Bertz CT molecular complexity index is 1480. The van der Waals surface area contributed by atoms with Crippen molar-refractivity contribution >= 4 is 17.7 Å². The minimum atomic E-state index is -1.23. The summed E-state index contributed by atoms with van der Waals surface area (Å²) in [5.74, 6) is -3.95. The maximum Gasteiger partial charge on any atom is 0.261 e. The van der Waals surface area contributed by atoms with Crippen LogP contribution in [0.5, 0.6) is 0 Å². The lowest BCUT2D eigenvalue weighted by Crippen LogP contribution is -2.50. The molecule has 3 heterocycles. The lowest BCUT2D eigenvalue weighted by molar-refractivity contribution is 0.0499. The molecule has 3 aliphatic heterocycles. The van der Waals surface area contributed by atoms with E-state index in [-0.39, 0.29) is 54.3 Å². The molecule has 40 heavy (non-hydrogen) atoms. The Morgan fingerprint density at radius 3 is 2.12 bits per heavy atom. The third-order valence-electron chi connectivity index (χ3n) is 8.55. The molecule has 4 atom stereocenters. The molecule has 0 aliphatic carbocycles. The van der Waals surface area contributed by atoms with Crippen molar-refractivity contribution < 1.29 is 27.6 Å². The topological polar surface area (TPSA) is 83.7 Å². The van der Waals surface area contributed by atoms with Crippen LogP contribution >= 0.6 is 0 Å². The summed E-state index contributed by atoms with van der Waals surface area (Å²) in [4.78, 5) is 42.3. The number of carbonyl (C=O) groups is 3. The smallest absolute Gasteiger partial charge is 0.261 e.